The van der Waals surface area contributed by atoms with Gasteiger partial charge in [-0.1, -0.05) is 30.3 Å². The molecule has 0 bridgehead atoms. The van der Waals surface area contributed by atoms with Crippen molar-refractivity contribution in [1.29, 1.82) is 0 Å². The van der Waals surface area contributed by atoms with Crippen molar-refractivity contribution in [3.05, 3.63) is 48.0 Å². The van der Waals surface area contributed by atoms with Gasteiger partial charge >= 0.3 is 0 Å². The molecule has 0 radical (unpaired) electrons. The molecular weight excluding hydrogens is 296 g/mol. The number of carbonyl (C=O) groups is 2. The van der Waals surface area contributed by atoms with Crippen LogP contribution in [0.5, 0.6) is 5.75 Å². The minimum Gasteiger partial charge on any atom is -0.480 e. The van der Waals surface area contributed by atoms with Gasteiger partial charge in [-0.2, -0.15) is 0 Å². The van der Waals surface area contributed by atoms with Crippen LogP contribution in [-0.2, 0) is 16.1 Å². The van der Waals surface area contributed by atoms with Crippen LogP contribution in [0.3, 0.4) is 0 Å². The summed E-state index contributed by atoms with van der Waals surface area (Å²) in [7, 11) is 0. The highest BCUT2D eigenvalue weighted by Crippen LogP contribution is 2.30. The van der Waals surface area contributed by atoms with Gasteiger partial charge in [0.1, 0.15) is 12.4 Å². The third kappa shape index (κ3) is 3.39. The molecule has 1 aliphatic rings. The highest BCUT2D eigenvalue weighted by Gasteiger charge is 2.28. The number of fused-ring (bicyclic) bond motifs is 1. The number of pyridine rings is 1. The zero-order chi connectivity index (χ0) is 16.2. The maximum atomic E-state index is 12.1. The second-order valence-electron chi connectivity index (χ2n) is 5.09. The average Bonchev–Trinajstić information content (AvgIpc) is 2.57. The van der Waals surface area contributed by atoms with E-state index in [1.807, 2.05) is 30.3 Å². The Bertz CT molecular complexity index is 733. The van der Waals surface area contributed by atoms with Crippen molar-refractivity contribution in [2.45, 2.75) is 6.54 Å². The molecule has 0 aliphatic carbocycles. The van der Waals surface area contributed by atoms with Gasteiger partial charge in [0.2, 0.25) is 5.91 Å². The summed E-state index contributed by atoms with van der Waals surface area (Å²) in [4.78, 5) is 29.5. The molecule has 0 unspecified atom stereocenters. The summed E-state index contributed by atoms with van der Waals surface area (Å²) in [6.45, 7) is 0.151. The molecule has 0 saturated heterocycles. The molecule has 3 rings (SSSR count). The van der Waals surface area contributed by atoms with Crippen molar-refractivity contribution in [2.75, 3.05) is 23.8 Å². The van der Waals surface area contributed by atoms with E-state index in [1.165, 1.54) is 4.90 Å². The Morgan fingerprint density at radius 1 is 1.26 bits per heavy atom. The Balaban J connectivity index is 1.68. The summed E-state index contributed by atoms with van der Waals surface area (Å²) in [5, 5.41) is 2.78. The van der Waals surface area contributed by atoms with Crippen LogP contribution in [0.1, 0.15) is 5.56 Å². The second-order valence-corrected chi connectivity index (χ2v) is 5.09. The number of nitrogens with one attached hydrogen (secondary N) is 1. The normalized spacial score (nSPS) is 13.2. The molecular formula is C16H16N4O3. The lowest BCUT2D eigenvalue weighted by molar-refractivity contribution is -0.125. The number of rotatable bonds is 4. The molecule has 0 atom stereocenters. The Labute approximate surface area is 133 Å². The first-order valence-corrected chi connectivity index (χ1v) is 7.14. The highest BCUT2D eigenvalue weighted by molar-refractivity contribution is 6.01. The van der Waals surface area contributed by atoms with Crippen LogP contribution in [0.25, 0.3) is 0 Å². The van der Waals surface area contributed by atoms with Crippen molar-refractivity contribution < 1.29 is 14.3 Å². The molecule has 118 valence electrons. The van der Waals surface area contributed by atoms with Gasteiger partial charge in [-0.3, -0.25) is 14.5 Å². The van der Waals surface area contributed by atoms with Gasteiger partial charge < -0.3 is 15.8 Å². The van der Waals surface area contributed by atoms with E-state index in [1.54, 1.807) is 12.1 Å². The molecule has 0 saturated carbocycles. The molecule has 2 heterocycles. The average molecular weight is 312 g/mol. The fraction of sp³-hybridized carbons (Fsp3) is 0.188. The smallest absolute Gasteiger partial charge is 0.266 e. The Kier molecular flexibility index (Phi) is 4.09. The second kappa shape index (κ2) is 6.35. The molecule has 23 heavy (non-hydrogen) atoms. The van der Waals surface area contributed by atoms with Crippen molar-refractivity contribution in [3.8, 4) is 5.75 Å². The van der Waals surface area contributed by atoms with Crippen LogP contribution in [0, 0.1) is 0 Å². The summed E-state index contributed by atoms with van der Waals surface area (Å²) in [5.41, 5.74) is 6.63. The fourth-order valence-corrected chi connectivity index (χ4v) is 2.25. The van der Waals surface area contributed by atoms with Gasteiger partial charge in [-0.15, -0.1) is 0 Å². The third-order valence-corrected chi connectivity index (χ3v) is 3.40. The summed E-state index contributed by atoms with van der Waals surface area (Å²) in [6.07, 6.45) is 0. The van der Waals surface area contributed by atoms with Gasteiger partial charge in [0.25, 0.3) is 5.91 Å². The van der Waals surface area contributed by atoms with Gasteiger partial charge in [-0.25, -0.2) is 4.98 Å². The molecule has 7 heteroatoms. The zero-order valence-corrected chi connectivity index (χ0v) is 12.4. The first-order chi connectivity index (χ1) is 11.1. The SMILES string of the molecule is Nc1ccc2c(n1)N(CC(=O)NCc1ccccc1)C(=O)CO2. The molecule has 2 aromatic rings. The van der Waals surface area contributed by atoms with Crippen molar-refractivity contribution in [2.24, 2.45) is 0 Å². The third-order valence-electron chi connectivity index (χ3n) is 3.40. The van der Waals surface area contributed by atoms with E-state index in [-0.39, 0.29) is 36.6 Å². The van der Waals surface area contributed by atoms with Gasteiger partial charge in [0.15, 0.2) is 18.2 Å². The van der Waals surface area contributed by atoms with Crippen LogP contribution in [0.2, 0.25) is 0 Å². The monoisotopic (exact) mass is 312 g/mol. The van der Waals surface area contributed by atoms with E-state index in [4.69, 9.17) is 10.5 Å². The maximum absolute atomic E-state index is 12.1. The lowest BCUT2D eigenvalue weighted by Gasteiger charge is -2.27. The maximum Gasteiger partial charge on any atom is 0.266 e. The summed E-state index contributed by atoms with van der Waals surface area (Å²) in [6, 6.07) is 12.8. The van der Waals surface area contributed by atoms with E-state index >= 15 is 0 Å². The number of ether oxygens (including phenoxy) is 1. The zero-order valence-electron chi connectivity index (χ0n) is 12.4. The largest absolute Gasteiger partial charge is 0.480 e. The molecule has 1 aliphatic heterocycles. The van der Waals surface area contributed by atoms with Crippen molar-refractivity contribution >= 4 is 23.5 Å². The number of nitrogens with zero attached hydrogens (tertiary/aromatic N) is 2. The van der Waals surface area contributed by atoms with E-state index in [2.05, 4.69) is 10.3 Å². The minimum absolute atomic E-state index is 0.120. The Morgan fingerprint density at radius 2 is 2.04 bits per heavy atom. The van der Waals surface area contributed by atoms with E-state index < -0.39 is 0 Å². The highest BCUT2D eigenvalue weighted by atomic mass is 16.5. The van der Waals surface area contributed by atoms with E-state index in [9.17, 15) is 9.59 Å². The standard InChI is InChI=1S/C16H16N4O3/c17-13-7-6-12-16(19-13)20(15(22)10-23-12)9-14(21)18-8-11-4-2-1-3-5-11/h1-7H,8-10H2,(H2,17,19)(H,18,21). The Hall–Kier alpha value is -3.09. The number of carbonyl (C=O) groups excluding carboxylic acids is 2. The van der Waals surface area contributed by atoms with Crippen LogP contribution in [0.15, 0.2) is 42.5 Å². The fourth-order valence-electron chi connectivity index (χ4n) is 2.25. The molecule has 1 aromatic heterocycles. The molecule has 2 amide bonds. The first kappa shape index (κ1) is 14.8. The number of benzene rings is 1. The number of nitrogen functional groups attached to an aromatic ring is 1. The molecule has 1 aromatic carbocycles. The summed E-state index contributed by atoms with van der Waals surface area (Å²) < 4.78 is 5.29. The van der Waals surface area contributed by atoms with Crippen LogP contribution < -0.4 is 20.7 Å². The number of aromatic nitrogens is 1. The van der Waals surface area contributed by atoms with E-state index in [0.717, 1.165) is 5.56 Å². The summed E-state index contributed by atoms with van der Waals surface area (Å²) >= 11 is 0. The number of hydrogen-bond donors (Lipinski definition) is 2. The van der Waals surface area contributed by atoms with Gasteiger partial charge in [0.05, 0.1) is 0 Å². The lowest BCUT2D eigenvalue weighted by atomic mass is 10.2. The lowest BCUT2D eigenvalue weighted by Crippen LogP contribution is -2.45. The molecule has 7 nitrogen and oxygen atoms in total. The number of anilines is 2. The quantitative estimate of drug-likeness (QED) is 0.866. The van der Waals surface area contributed by atoms with Gasteiger partial charge in [-0.05, 0) is 17.7 Å². The summed E-state index contributed by atoms with van der Waals surface area (Å²) in [5.74, 6) is 0.368. The van der Waals surface area contributed by atoms with Crippen LogP contribution >= 0.6 is 0 Å². The number of amides is 2. The van der Waals surface area contributed by atoms with E-state index in [0.29, 0.717) is 12.3 Å². The van der Waals surface area contributed by atoms with Crippen molar-refractivity contribution in [1.82, 2.24) is 10.3 Å². The predicted molar refractivity (Wildman–Crippen MR) is 84.8 cm³/mol. The van der Waals surface area contributed by atoms with Gasteiger partial charge in [0, 0.05) is 6.54 Å². The van der Waals surface area contributed by atoms with Crippen molar-refractivity contribution in [3.63, 3.8) is 0 Å². The topological polar surface area (TPSA) is 97.5 Å². The predicted octanol–water partition coefficient (Wildman–Crippen LogP) is 0.706. The number of hydrogen-bond acceptors (Lipinski definition) is 5. The molecule has 0 spiro atoms. The van der Waals surface area contributed by atoms with Crippen LogP contribution in [-0.4, -0.2) is 29.9 Å². The first-order valence-electron chi connectivity index (χ1n) is 7.14. The minimum atomic E-state index is -0.328. The molecule has 0 fully saturated rings. The van der Waals surface area contributed by atoms with Crippen LogP contribution in [0.4, 0.5) is 11.6 Å². The number of nitrogens with two attached hydrogens (primary N) is 1. The Morgan fingerprint density at radius 3 is 2.83 bits per heavy atom. The molecule has 3 N–H and O–H groups in total.